The van der Waals surface area contributed by atoms with Crippen LogP contribution in [0, 0.1) is 30.5 Å². The Hall–Kier alpha value is -3.12. The Balaban J connectivity index is 1.11. The summed E-state index contributed by atoms with van der Waals surface area (Å²) < 4.78 is 20.5. The molecule has 6 rings (SSSR count). The van der Waals surface area contributed by atoms with Gasteiger partial charge in [0.05, 0.1) is 25.3 Å². The van der Waals surface area contributed by atoms with Gasteiger partial charge >= 0.3 is 0 Å². The molecule has 0 spiro atoms. The average Bonchev–Trinajstić information content (AvgIpc) is 3.66. The number of aryl methyl sites for hydroxylation is 1. The second-order valence-electron chi connectivity index (χ2n) is 13.5. The molecule has 11 heteroatoms. The van der Waals surface area contributed by atoms with Gasteiger partial charge in [0.25, 0.3) is 0 Å². The van der Waals surface area contributed by atoms with E-state index in [2.05, 4.69) is 32.5 Å². The topological polar surface area (TPSA) is 128 Å². The number of fused-ring (bicyclic) bond motifs is 1. The second-order valence-corrected chi connectivity index (χ2v) is 13.5. The van der Waals surface area contributed by atoms with Crippen LogP contribution < -0.4 is 26.2 Å². The first-order valence-corrected chi connectivity index (χ1v) is 16.5. The van der Waals surface area contributed by atoms with Crippen molar-refractivity contribution in [1.29, 1.82) is 0 Å². The van der Waals surface area contributed by atoms with Gasteiger partial charge in [-0.2, -0.15) is 0 Å². The summed E-state index contributed by atoms with van der Waals surface area (Å²) in [6.07, 6.45) is 7.64. The van der Waals surface area contributed by atoms with E-state index in [1.165, 1.54) is 18.7 Å². The number of nitrogens with zero attached hydrogens (tertiary/aromatic N) is 2. The van der Waals surface area contributed by atoms with E-state index in [1.807, 2.05) is 24.1 Å². The van der Waals surface area contributed by atoms with Crippen molar-refractivity contribution < 1.29 is 23.8 Å². The van der Waals surface area contributed by atoms with E-state index >= 15 is 4.39 Å². The Morgan fingerprint density at radius 3 is 2.73 bits per heavy atom. The summed E-state index contributed by atoms with van der Waals surface area (Å²) in [6.45, 7) is 3.15. The summed E-state index contributed by atoms with van der Waals surface area (Å²) >= 11 is 0. The number of ether oxygens (including phenoxy) is 1. The molecule has 2 saturated heterocycles. The molecule has 0 bridgehead atoms. The van der Waals surface area contributed by atoms with Crippen LogP contribution in [0.25, 0.3) is 0 Å². The van der Waals surface area contributed by atoms with E-state index in [0.29, 0.717) is 55.6 Å². The third-order valence-electron chi connectivity index (χ3n) is 10.5. The maximum Gasteiger partial charge on any atom is 0.237 e. The molecular weight excluding hydrogens is 575 g/mol. The number of nitrogens with one attached hydrogen (secondary N) is 4. The number of hydrogen-bond donors (Lipinski definition) is 5. The number of aliphatic hydroxyl groups is 1. The largest absolute Gasteiger partial charge is 0.496 e. The zero-order valence-corrected chi connectivity index (χ0v) is 26.3. The quantitative estimate of drug-likeness (QED) is 0.289. The van der Waals surface area contributed by atoms with Crippen LogP contribution in [-0.4, -0.2) is 71.2 Å². The molecule has 2 saturated carbocycles. The molecule has 1 aromatic heterocycles. The lowest BCUT2D eigenvalue weighted by Crippen LogP contribution is -2.57. The van der Waals surface area contributed by atoms with Gasteiger partial charge in [-0.05, 0) is 100.0 Å². The Bertz CT molecular complexity index is 1360. The molecule has 45 heavy (non-hydrogen) atoms. The van der Waals surface area contributed by atoms with E-state index in [-0.39, 0.29) is 54.2 Å². The summed E-state index contributed by atoms with van der Waals surface area (Å²) in [6, 6.07) is 8.74. The molecule has 0 radical (unpaired) electrons. The molecule has 244 valence electrons. The van der Waals surface area contributed by atoms with Crippen molar-refractivity contribution in [3.8, 4) is 5.75 Å². The molecule has 2 aliphatic heterocycles. The molecule has 3 heterocycles. The standard InChI is InChI=1S/C34H47FN6O4/c1-20-14-22(12-13-36-20)32-26-16-23(7-10-29(26)39-40-32)33(43)38-24-8-11-30(34(44)37-17-21-6-9-25(42)15-21)41(18-24)19-27-28(35)4-3-5-31(27)45-2/h3-5,12-14,21,23-26,29-30,32,39-40,42H,6-11,15-19H2,1-2H3,(H,37,44)(H,38,43)/t21-,23?,24-,25-,26?,29?,30+,32?/m1/s1. The van der Waals surface area contributed by atoms with Gasteiger partial charge < -0.3 is 20.5 Å². The van der Waals surface area contributed by atoms with Gasteiger partial charge in [0.2, 0.25) is 11.8 Å². The number of methoxy groups -OCH3 is 1. The number of hydrazine groups is 1. The third-order valence-corrected chi connectivity index (χ3v) is 10.5. The molecule has 4 aliphatic rings. The summed E-state index contributed by atoms with van der Waals surface area (Å²) in [5.41, 5.74) is 9.48. The van der Waals surface area contributed by atoms with Gasteiger partial charge in [-0.1, -0.05) is 6.07 Å². The SMILES string of the molecule is COc1cccc(F)c1CN1C[C@H](NC(=O)C2CCC3NNC(c4ccnc(C)c4)C3C2)CC[C@H]1C(=O)NC[C@@H]1CC[C@@H](O)C1. The molecule has 5 N–H and O–H groups in total. The predicted molar refractivity (Wildman–Crippen MR) is 167 cm³/mol. The minimum Gasteiger partial charge on any atom is -0.496 e. The highest BCUT2D eigenvalue weighted by molar-refractivity contribution is 5.82. The van der Waals surface area contributed by atoms with Gasteiger partial charge in [0.1, 0.15) is 11.6 Å². The molecule has 8 atom stereocenters. The Labute approximate surface area is 264 Å². The van der Waals surface area contributed by atoms with Crippen molar-refractivity contribution in [3.05, 3.63) is 59.2 Å². The maximum absolute atomic E-state index is 15.0. The van der Waals surface area contributed by atoms with Crippen LogP contribution in [0.1, 0.15) is 74.2 Å². The molecule has 10 nitrogen and oxygen atoms in total. The zero-order chi connectivity index (χ0) is 31.5. The average molecular weight is 623 g/mol. The van der Waals surface area contributed by atoms with Crippen LogP contribution in [0.5, 0.6) is 5.75 Å². The van der Waals surface area contributed by atoms with E-state index in [1.54, 1.807) is 12.1 Å². The van der Waals surface area contributed by atoms with Crippen molar-refractivity contribution >= 4 is 11.8 Å². The number of piperidine rings is 1. The van der Waals surface area contributed by atoms with Crippen LogP contribution in [-0.2, 0) is 16.1 Å². The number of aliphatic hydroxyl groups excluding tert-OH is 1. The second kappa shape index (κ2) is 14.1. The van der Waals surface area contributed by atoms with E-state index in [9.17, 15) is 14.7 Å². The zero-order valence-electron chi connectivity index (χ0n) is 26.3. The van der Waals surface area contributed by atoms with E-state index in [0.717, 1.165) is 37.8 Å². The van der Waals surface area contributed by atoms with Crippen LogP contribution in [0.2, 0.25) is 0 Å². The number of carbonyl (C=O) groups excluding carboxylic acids is 2. The Morgan fingerprint density at radius 2 is 1.96 bits per heavy atom. The Morgan fingerprint density at radius 1 is 1.09 bits per heavy atom. The number of benzene rings is 1. The number of halogens is 1. The number of likely N-dealkylation sites (tertiary alicyclic amines) is 1. The fraction of sp³-hybridized carbons (Fsp3) is 0.618. The number of carbonyl (C=O) groups is 2. The number of pyridine rings is 1. The summed E-state index contributed by atoms with van der Waals surface area (Å²) in [5, 5.41) is 16.3. The molecule has 4 fully saturated rings. The highest BCUT2D eigenvalue weighted by Gasteiger charge is 2.43. The van der Waals surface area contributed by atoms with Crippen molar-refractivity contribution in [2.24, 2.45) is 17.8 Å². The maximum atomic E-state index is 15.0. The number of hydrogen-bond acceptors (Lipinski definition) is 8. The van der Waals surface area contributed by atoms with Gasteiger partial charge in [-0.3, -0.25) is 24.9 Å². The first kappa shape index (κ1) is 31.8. The minimum absolute atomic E-state index is 0.0566. The van der Waals surface area contributed by atoms with Crippen molar-refractivity contribution in [2.45, 2.75) is 95.1 Å². The summed E-state index contributed by atoms with van der Waals surface area (Å²) in [7, 11) is 1.52. The van der Waals surface area contributed by atoms with Crippen LogP contribution >= 0.6 is 0 Å². The lowest BCUT2D eigenvalue weighted by atomic mass is 9.74. The smallest absolute Gasteiger partial charge is 0.237 e. The van der Waals surface area contributed by atoms with Gasteiger partial charge in [0.15, 0.2) is 0 Å². The van der Waals surface area contributed by atoms with Crippen LogP contribution in [0.4, 0.5) is 4.39 Å². The van der Waals surface area contributed by atoms with Crippen molar-refractivity contribution in [1.82, 2.24) is 31.4 Å². The molecule has 2 aromatic rings. The first-order valence-electron chi connectivity index (χ1n) is 16.5. The van der Waals surface area contributed by atoms with Gasteiger partial charge in [-0.15, -0.1) is 0 Å². The predicted octanol–water partition coefficient (Wildman–Crippen LogP) is 2.90. The minimum atomic E-state index is -0.454. The highest BCUT2D eigenvalue weighted by atomic mass is 19.1. The fourth-order valence-electron chi connectivity index (χ4n) is 8.02. The van der Waals surface area contributed by atoms with Crippen molar-refractivity contribution in [2.75, 3.05) is 20.2 Å². The highest BCUT2D eigenvalue weighted by Crippen LogP contribution is 2.40. The van der Waals surface area contributed by atoms with E-state index < -0.39 is 6.04 Å². The first-order chi connectivity index (χ1) is 21.8. The monoisotopic (exact) mass is 622 g/mol. The van der Waals surface area contributed by atoms with Gasteiger partial charge in [0, 0.05) is 55.1 Å². The number of amides is 2. The summed E-state index contributed by atoms with van der Waals surface area (Å²) in [4.78, 5) is 33.5. The summed E-state index contributed by atoms with van der Waals surface area (Å²) in [5.74, 6) is 0.489. The normalized spacial score (nSPS) is 31.7. The molecular formula is C34H47FN6O4. The van der Waals surface area contributed by atoms with E-state index in [4.69, 9.17) is 4.74 Å². The molecule has 4 unspecified atom stereocenters. The number of aromatic nitrogens is 1. The van der Waals surface area contributed by atoms with Crippen LogP contribution in [0.15, 0.2) is 36.5 Å². The lowest BCUT2D eigenvalue weighted by molar-refractivity contribution is -0.130. The Kier molecular flexibility index (Phi) is 9.99. The third kappa shape index (κ3) is 7.32. The molecule has 1 aromatic carbocycles. The van der Waals surface area contributed by atoms with Crippen LogP contribution in [0.3, 0.4) is 0 Å². The number of rotatable bonds is 9. The lowest BCUT2D eigenvalue weighted by Gasteiger charge is -2.40. The molecule has 2 amide bonds. The van der Waals surface area contributed by atoms with Gasteiger partial charge in [-0.25, -0.2) is 9.82 Å². The molecule has 2 aliphatic carbocycles. The van der Waals surface area contributed by atoms with Crippen molar-refractivity contribution in [3.63, 3.8) is 0 Å². The fourth-order valence-corrected chi connectivity index (χ4v) is 8.02.